The average Bonchev–Trinajstić information content (AvgIpc) is 3.85. The van der Waals surface area contributed by atoms with Crippen molar-refractivity contribution in [3.63, 3.8) is 0 Å². The van der Waals surface area contributed by atoms with Gasteiger partial charge in [0, 0.05) is 34.9 Å². The highest BCUT2D eigenvalue weighted by Gasteiger charge is 2.58. The van der Waals surface area contributed by atoms with E-state index >= 15 is 17.6 Å². The van der Waals surface area contributed by atoms with Crippen LogP contribution in [0.3, 0.4) is 0 Å². The van der Waals surface area contributed by atoms with Crippen molar-refractivity contribution in [2.24, 2.45) is 0 Å². The SMILES string of the molecule is CC(C)[Si](C#Cc1cccc2c(F)c(NC(=O)OC(C)(C)C)cc(-c3nc4c5c(nc(OCC67CCCN6CC(F)(F)C7)nc5c3F)N3C[C@H]5CC[C@@H]([C@H]3[C@H](C)O4)N5C(=O)OC(C)(C)C)c12)(C(C)C)C(C)C. The number of anilines is 2. The molecule has 5 aliphatic rings. The fourth-order valence-corrected chi connectivity index (χ4v) is 18.0. The number of nitrogens with zero attached hydrogens (tertiary/aromatic N) is 6. The number of pyridine rings is 1. The average molecular weight is 1020 g/mol. The second-order valence-corrected chi connectivity index (χ2v) is 29.2. The van der Waals surface area contributed by atoms with Gasteiger partial charge in [0.2, 0.25) is 5.88 Å². The molecule has 0 saturated carbocycles. The maximum absolute atomic E-state index is 18.4. The topological polar surface area (TPSA) is 131 Å². The number of hydrogen-bond acceptors (Lipinski definition) is 11. The molecule has 1 N–H and O–H groups in total. The van der Waals surface area contributed by atoms with Crippen LogP contribution in [0.15, 0.2) is 24.3 Å². The Morgan fingerprint density at radius 1 is 0.944 bits per heavy atom. The number of halogens is 4. The van der Waals surface area contributed by atoms with Gasteiger partial charge in [0.25, 0.3) is 5.92 Å². The summed E-state index contributed by atoms with van der Waals surface area (Å²) < 4.78 is 90.4. The lowest BCUT2D eigenvalue weighted by atomic mass is 9.94. The first-order valence-electron chi connectivity index (χ1n) is 25.5. The summed E-state index contributed by atoms with van der Waals surface area (Å²) >= 11 is 0. The van der Waals surface area contributed by atoms with E-state index in [4.69, 9.17) is 33.9 Å². The first-order chi connectivity index (χ1) is 33.6. The molecule has 388 valence electrons. The number of piperazine rings is 1. The molecule has 7 heterocycles. The molecule has 9 rings (SSSR count). The van der Waals surface area contributed by atoms with Crippen molar-refractivity contribution in [1.82, 2.24) is 24.8 Å². The molecule has 0 radical (unpaired) electrons. The van der Waals surface area contributed by atoms with Crippen LogP contribution in [0.1, 0.15) is 128 Å². The van der Waals surface area contributed by atoms with Crippen LogP contribution in [0, 0.1) is 23.1 Å². The molecule has 2 bridgehead atoms. The van der Waals surface area contributed by atoms with Gasteiger partial charge in [-0.2, -0.15) is 9.97 Å². The van der Waals surface area contributed by atoms with Gasteiger partial charge in [0.05, 0.1) is 35.9 Å². The fraction of sp³-hybridized carbons (Fsp3) is 0.611. The highest BCUT2D eigenvalue weighted by molar-refractivity contribution is 6.90. The van der Waals surface area contributed by atoms with Crippen molar-refractivity contribution < 1.29 is 46.1 Å². The molecule has 13 nitrogen and oxygen atoms in total. The van der Waals surface area contributed by atoms with Gasteiger partial charge < -0.3 is 23.8 Å². The van der Waals surface area contributed by atoms with E-state index in [0.717, 1.165) is 6.42 Å². The van der Waals surface area contributed by atoms with Crippen molar-refractivity contribution in [2.45, 2.75) is 186 Å². The molecular weight excluding hydrogens is 947 g/mol. The zero-order chi connectivity index (χ0) is 52.2. The van der Waals surface area contributed by atoms with Crippen molar-refractivity contribution >= 4 is 53.4 Å². The molecule has 2 aromatic carbocycles. The molecule has 2 aromatic heterocycles. The molecule has 0 aliphatic carbocycles. The number of carbonyl (C=O) groups excluding carboxylic acids is 2. The summed E-state index contributed by atoms with van der Waals surface area (Å²) in [4.78, 5) is 47.6. The molecule has 0 spiro atoms. The lowest BCUT2D eigenvalue weighted by Crippen LogP contribution is -2.65. The van der Waals surface area contributed by atoms with Gasteiger partial charge in [-0.05, 0) is 109 Å². The van der Waals surface area contributed by atoms with E-state index in [9.17, 15) is 9.59 Å². The predicted molar refractivity (Wildman–Crippen MR) is 273 cm³/mol. The standard InChI is InChI=1S/C54H69F4N7O6Si/c1-29(2)72(30(3)4,31(5)6)23-20-33-16-14-17-35-39(33)36(24-37(41(35)55)59-49(66)70-51(8,9)10)43-42(56)44-40-46(62-48(61-44)68-28-53-21-15-22-63(53)27-54(57,58)26-53)64-25-34-18-19-38(45(64)32(7)69-47(40)60-43)65(34)50(67)71-52(11,12)13/h14,16-17,24,29-32,34,38,45H,15,18-19,21-22,25-28H2,1-13H3,(H,59,66)/t32-,34+,38-,45+,53?/m0/s1. The molecule has 2 amide bonds. The minimum absolute atomic E-state index is 0.0194. The van der Waals surface area contributed by atoms with Crippen molar-refractivity contribution in [2.75, 3.05) is 36.5 Å². The van der Waals surface area contributed by atoms with Crippen LogP contribution in [-0.4, -0.2) is 118 Å². The van der Waals surface area contributed by atoms with Gasteiger partial charge in [-0.3, -0.25) is 15.1 Å². The number of carbonyl (C=O) groups is 2. The van der Waals surface area contributed by atoms with Crippen molar-refractivity contribution in [3.8, 4) is 34.6 Å². The van der Waals surface area contributed by atoms with E-state index in [1.54, 1.807) is 48.8 Å². The molecule has 4 saturated heterocycles. The molecular formula is C54H69F4N7O6Si. The van der Waals surface area contributed by atoms with Gasteiger partial charge in [-0.1, -0.05) is 59.6 Å². The number of alkyl halides is 2. The monoisotopic (exact) mass is 1020 g/mol. The summed E-state index contributed by atoms with van der Waals surface area (Å²) in [6.07, 6.45) is 0.0411. The van der Waals surface area contributed by atoms with E-state index in [1.807, 2.05) is 32.6 Å². The van der Waals surface area contributed by atoms with Crippen molar-refractivity contribution in [1.29, 1.82) is 0 Å². The smallest absolute Gasteiger partial charge is 0.412 e. The van der Waals surface area contributed by atoms with Crippen LogP contribution in [0.4, 0.5) is 38.7 Å². The summed E-state index contributed by atoms with van der Waals surface area (Å²) in [6, 6.07) is 4.88. The molecule has 72 heavy (non-hydrogen) atoms. The molecule has 1 unspecified atom stereocenters. The zero-order valence-electron chi connectivity index (χ0n) is 43.9. The summed E-state index contributed by atoms with van der Waals surface area (Å²) in [6.45, 7) is 25.8. The Kier molecular flexibility index (Phi) is 13.0. The number of fused-ring (bicyclic) bond motifs is 7. The Morgan fingerprint density at radius 3 is 2.31 bits per heavy atom. The van der Waals surface area contributed by atoms with E-state index in [-0.39, 0.29) is 98.7 Å². The number of benzene rings is 2. The van der Waals surface area contributed by atoms with Gasteiger partial charge in [0.1, 0.15) is 54.4 Å². The highest BCUT2D eigenvalue weighted by atomic mass is 28.3. The van der Waals surface area contributed by atoms with Crippen LogP contribution in [0.5, 0.6) is 11.9 Å². The molecule has 4 fully saturated rings. The van der Waals surface area contributed by atoms with Crippen LogP contribution < -0.4 is 19.7 Å². The second-order valence-electron chi connectivity index (χ2n) is 23.6. The number of amides is 2. The quantitative estimate of drug-likeness (QED) is 0.103. The van der Waals surface area contributed by atoms with Gasteiger partial charge >= 0.3 is 18.2 Å². The Balaban J connectivity index is 1.28. The van der Waals surface area contributed by atoms with Crippen LogP contribution in [0.25, 0.3) is 32.9 Å². The lowest BCUT2D eigenvalue weighted by Gasteiger charge is -2.48. The zero-order valence-corrected chi connectivity index (χ0v) is 44.9. The third kappa shape index (κ3) is 9.08. The number of hydrogen-bond donors (Lipinski definition) is 1. The number of rotatable bonds is 8. The third-order valence-electron chi connectivity index (χ3n) is 15.6. The van der Waals surface area contributed by atoms with Crippen LogP contribution in [-0.2, 0) is 9.47 Å². The summed E-state index contributed by atoms with van der Waals surface area (Å²) in [5.41, 5.74) is 1.65. The fourth-order valence-electron chi connectivity index (χ4n) is 12.8. The number of aromatic nitrogens is 3. The maximum Gasteiger partial charge on any atom is 0.412 e. The van der Waals surface area contributed by atoms with Gasteiger partial charge in [0.15, 0.2) is 11.6 Å². The van der Waals surface area contributed by atoms with Gasteiger partial charge in [-0.25, -0.2) is 32.1 Å². The first-order valence-corrected chi connectivity index (χ1v) is 27.8. The summed E-state index contributed by atoms with van der Waals surface area (Å²) in [5.74, 6) is -0.900. The predicted octanol–water partition coefficient (Wildman–Crippen LogP) is 12.0. The molecule has 5 aliphatic heterocycles. The number of ether oxygens (including phenoxy) is 4. The maximum atomic E-state index is 18.4. The Bertz CT molecular complexity index is 2870. The van der Waals surface area contributed by atoms with Crippen LogP contribution in [0.2, 0.25) is 16.6 Å². The van der Waals surface area contributed by atoms with E-state index in [1.165, 1.54) is 6.07 Å². The first kappa shape index (κ1) is 51.5. The molecule has 18 heteroatoms. The summed E-state index contributed by atoms with van der Waals surface area (Å²) in [5, 5.41) is 3.02. The third-order valence-corrected chi connectivity index (χ3v) is 21.9. The van der Waals surface area contributed by atoms with Gasteiger partial charge in [-0.15, -0.1) is 5.54 Å². The normalized spacial score (nSPS) is 23.8. The second kappa shape index (κ2) is 18.2. The number of nitrogens with one attached hydrogen (secondary N) is 1. The Hall–Kier alpha value is -5.41. The van der Waals surface area contributed by atoms with Crippen LogP contribution >= 0.6 is 0 Å². The van der Waals surface area contributed by atoms with E-state index in [0.29, 0.717) is 31.4 Å². The molecule has 4 aromatic rings. The van der Waals surface area contributed by atoms with E-state index in [2.05, 4.69) is 58.3 Å². The minimum atomic E-state index is -2.91. The summed E-state index contributed by atoms with van der Waals surface area (Å²) in [7, 11) is -2.37. The minimum Gasteiger partial charge on any atom is -0.472 e. The largest absolute Gasteiger partial charge is 0.472 e. The van der Waals surface area contributed by atoms with E-state index < -0.39 is 79.2 Å². The molecule has 5 atom stereocenters. The Labute approximate surface area is 421 Å². The highest BCUT2D eigenvalue weighted by Crippen LogP contribution is 2.50. The van der Waals surface area contributed by atoms with Crippen molar-refractivity contribution in [3.05, 3.63) is 41.5 Å². The Morgan fingerprint density at radius 2 is 1.64 bits per heavy atom. The lowest BCUT2D eigenvalue weighted by molar-refractivity contribution is 0.000848.